The minimum atomic E-state index is -0.418. The number of methoxy groups -OCH3 is 1. The van der Waals surface area contributed by atoms with E-state index in [1.54, 1.807) is 31.4 Å². The second-order valence-electron chi connectivity index (χ2n) is 3.91. The van der Waals surface area contributed by atoms with E-state index in [1.807, 2.05) is 0 Å². The maximum Gasteiger partial charge on any atom is 0.278 e. The van der Waals surface area contributed by atoms with Crippen LogP contribution in [0.3, 0.4) is 0 Å². The SMILES string of the molecule is COc1ccc(Cl)cc1NC(=O)c1nn(C)cc1N. The lowest BCUT2D eigenvalue weighted by molar-refractivity contribution is 0.102. The highest BCUT2D eigenvalue weighted by Gasteiger charge is 2.16. The average molecular weight is 281 g/mol. The number of ether oxygens (including phenoxy) is 1. The Hall–Kier alpha value is -2.21. The molecule has 0 aliphatic rings. The molecule has 1 aromatic heterocycles. The molecule has 0 saturated heterocycles. The number of carbonyl (C=O) groups excluding carboxylic acids is 1. The molecule has 2 rings (SSSR count). The molecule has 3 N–H and O–H groups in total. The number of nitrogens with zero attached hydrogens (tertiary/aromatic N) is 2. The fourth-order valence-corrected chi connectivity index (χ4v) is 1.81. The molecule has 100 valence electrons. The van der Waals surface area contributed by atoms with Gasteiger partial charge in [0.05, 0.1) is 18.5 Å². The highest BCUT2D eigenvalue weighted by molar-refractivity contribution is 6.31. The molecular formula is C12H13ClN4O2. The fourth-order valence-electron chi connectivity index (χ4n) is 1.64. The van der Waals surface area contributed by atoms with Crippen LogP contribution in [-0.2, 0) is 7.05 Å². The first-order valence-electron chi connectivity index (χ1n) is 5.45. The van der Waals surface area contributed by atoms with E-state index in [0.29, 0.717) is 22.1 Å². The zero-order chi connectivity index (χ0) is 14.0. The summed E-state index contributed by atoms with van der Waals surface area (Å²) in [6.45, 7) is 0. The largest absolute Gasteiger partial charge is 0.495 e. The fraction of sp³-hybridized carbons (Fsp3) is 0.167. The number of carbonyl (C=O) groups is 1. The van der Waals surface area contributed by atoms with Gasteiger partial charge in [-0.15, -0.1) is 0 Å². The maximum atomic E-state index is 12.1. The molecule has 1 amide bonds. The zero-order valence-electron chi connectivity index (χ0n) is 10.5. The second-order valence-corrected chi connectivity index (χ2v) is 4.34. The predicted molar refractivity (Wildman–Crippen MR) is 73.6 cm³/mol. The standard InChI is InChI=1S/C12H13ClN4O2/c1-17-6-8(14)11(16-17)12(18)15-9-5-7(13)3-4-10(9)19-2/h3-6H,14H2,1-2H3,(H,15,18). The van der Waals surface area contributed by atoms with Crippen molar-refractivity contribution in [1.82, 2.24) is 9.78 Å². The molecule has 0 radical (unpaired) electrons. The summed E-state index contributed by atoms with van der Waals surface area (Å²) in [4.78, 5) is 12.1. The first-order chi connectivity index (χ1) is 9.01. The molecule has 0 spiro atoms. The topological polar surface area (TPSA) is 82.2 Å². The number of anilines is 2. The number of nitrogens with two attached hydrogens (primary N) is 1. The number of halogens is 1. The summed E-state index contributed by atoms with van der Waals surface area (Å²) >= 11 is 5.89. The van der Waals surface area contributed by atoms with Crippen LogP contribution < -0.4 is 15.8 Å². The normalized spacial score (nSPS) is 10.3. The Bertz CT molecular complexity index is 624. The third-order valence-electron chi connectivity index (χ3n) is 2.48. The van der Waals surface area contributed by atoms with E-state index >= 15 is 0 Å². The highest BCUT2D eigenvalue weighted by Crippen LogP contribution is 2.28. The van der Waals surface area contributed by atoms with Crippen molar-refractivity contribution in [2.75, 3.05) is 18.2 Å². The third kappa shape index (κ3) is 2.79. The van der Waals surface area contributed by atoms with Gasteiger partial charge in [-0.2, -0.15) is 5.10 Å². The summed E-state index contributed by atoms with van der Waals surface area (Å²) in [7, 11) is 3.20. The van der Waals surface area contributed by atoms with Crippen LogP contribution in [0, 0.1) is 0 Å². The Morgan fingerprint density at radius 1 is 1.53 bits per heavy atom. The summed E-state index contributed by atoms with van der Waals surface area (Å²) in [6.07, 6.45) is 1.56. The Morgan fingerprint density at radius 2 is 2.26 bits per heavy atom. The van der Waals surface area contributed by atoms with E-state index in [4.69, 9.17) is 22.1 Å². The molecule has 0 unspecified atom stereocenters. The molecule has 0 fully saturated rings. The van der Waals surface area contributed by atoms with Crippen LogP contribution in [0.2, 0.25) is 5.02 Å². The van der Waals surface area contributed by atoms with Crippen molar-refractivity contribution >= 4 is 28.9 Å². The van der Waals surface area contributed by atoms with E-state index in [2.05, 4.69) is 10.4 Å². The Labute approximate surface area is 115 Å². The van der Waals surface area contributed by atoms with Crippen molar-refractivity contribution in [3.63, 3.8) is 0 Å². The van der Waals surface area contributed by atoms with Crippen molar-refractivity contribution in [2.45, 2.75) is 0 Å². The predicted octanol–water partition coefficient (Wildman–Crippen LogP) is 1.92. The minimum absolute atomic E-state index is 0.157. The lowest BCUT2D eigenvalue weighted by atomic mass is 10.2. The van der Waals surface area contributed by atoms with Gasteiger partial charge in [0.25, 0.3) is 5.91 Å². The molecule has 7 heteroatoms. The van der Waals surface area contributed by atoms with Gasteiger partial charge in [0.2, 0.25) is 0 Å². The summed E-state index contributed by atoms with van der Waals surface area (Å²) in [5.74, 6) is 0.0888. The lowest BCUT2D eigenvalue weighted by Gasteiger charge is -2.09. The van der Waals surface area contributed by atoms with Gasteiger partial charge in [0.15, 0.2) is 5.69 Å². The Kier molecular flexibility index (Phi) is 3.62. The van der Waals surface area contributed by atoms with Gasteiger partial charge in [-0.1, -0.05) is 11.6 Å². The number of benzene rings is 1. The molecule has 0 atom stereocenters. The minimum Gasteiger partial charge on any atom is -0.495 e. The molecule has 0 saturated carbocycles. The van der Waals surface area contributed by atoms with Crippen LogP contribution in [0.25, 0.3) is 0 Å². The summed E-state index contributed by atoms with van der Waals surface area (Å²) in [5.41, 5.74) is 6.62. The number of nitrogen functional groups attached to an aromatic ring is 1. The summed E-state index contributed by atoms with van der Waals surface area (Å²) in [5, 5.41) is 7.15. The Balaban J connectivity index is 2.28. The number of aryl methyl sites for hydroxylation is 1. The van der Waals surface area contributed by atoms with E-state index in [0.717, 1.165) is 0 Å². The average Bonchev–Trinajstić information content (AvgIpc) is 2.69. The zero-order valence-corrected chi connectivity index (χ0v) is 11.2. The molecule has 0 aliphatic carbocycles. The van der Waals surface area contributed by atoms with Gasteiger partial charge in [0, 0.05) is 18.3 Å². The van der Waals surface area contributed by atoms with E-state index in [9.17, 15) is 4.79 Å². The van der Waals surface area contributed by atoms with Crippen LogP contribution >= 0.6 is 11.6 Å². The first-order valence-corrected chi connectivity index (χ1v) is 5.83. The van der Waals surface area contributed by atoms with E-state index in [1.165, 1.54) is 11.8 Å². The number of hydrogen-bond acceptors (Lipinski definition) is 4. The van der Waals surface area contributed by atoms with E-state index < -0.39 is 5.91 Å². The number of amides is 1. The molecule has 2 aromatic rings. The molecule has 1 heterocycles. The van der Waals surface area contributed by atoms with Gasteiger partial charge in [0.1, 0.15) is 5.75 Å². The van der Waals surface area contributed by atoms with Crippen LogP contribution in [-0.4, -0.2) is 22.8 Å². The van der Waals surface area contributed by atoms with Gasteiger partial charge in [-0.05, 0) is 18.2 Å². The summed E-state index contributed by atoms with van der Waals surface area (Å²) in [6, 6.07) is 4.93. The number of aromatic nitrogens is 2. The summed E-state index contributed by atoms with van der Waals surface area (Å²) < 4.78 is 6.61. The molecule has 0 aliphatic heterocycles. The van der Waals surface area contributed by atoms with Crippen LogP contribution in [0.4, 0.5) is 11.4 Å². The van der Waals surface area contributed by atoms with E-state index in [-0.39, 0.29) is 5.69 Å². The molecule has 0 bridgehead atoms. The lowest BCUT2D eigenvalue weighted by Crippen LogP contribution is -2.15. The van der Waals surface area contributed by atoms with Crippen molar-refractivity contribution in [2.24, 2.45) is 7.05 Å². The van der Waals surface area contributed by atoms with Crippen LogP contribution in [0.1, 0.15) is 10.5 Å². The molecule has 6 nitrogen and oxygen atoms in total. The monoisotopic (exact) mass is 280 g/mol. The van der Waals surface area contributed by atoms with Gasteiger partial charge >= 0.3 is 0 Å². The third-order valence-corrected chi connectivity index (χ3v) is 2.72. The van der Waals surface area contributed by atoms with Crippen LogP contribution in [0.15, 0.2) is 24.4 Å². The molecular weight excluding hydrogens is 268 g/mol. The van der Waals surface area contributed by atoms with Crippen molar-refractivity contribution in [1.29, 1.82) is 0 Å². The quantitative estimate of drug-likeness (QED) is 0.900. The number of nitrogens with one attached hydrogen (secondary N) is 1. The van der Waals surface area contributed by atoms with Crippen molar-refractivity contribution < 1.29 is 9.53 Å². The van der Waals surface area contributed by atoms with Crippen molar-refractivity contribution in [3.8, 4) is 5.75 Å². The van der Waals surface area contributed by atoms with Gasteiger partial charge in [-0.3, -0.25) is 9.48 Å². The van der Waals surface area contributed by atoms with Gasteiger partial charge in [-0.25, -0.2) is 0 Å². The van der Waals surface area contributed by atoms with Gasteiger partial charge < -0.3 is 15.8 Å². The Morgan fingerprint density at radius 3 is 2.84 bits per heavy atom. The second kappa shape index (κ2) is 5.19. The van der Waals surface area contributed by atoms with Crippen molar-refractivity contribution in [3.05, 3.63) is 35.1 Å². The highest BCUT2D eigenvalue weighted by atomic mass is 35.5. The molecule has 1 aromatic carbocycles. The first kappa shape index (κ1) is 13.2. The maximum absolute atomic E-state index is 12.1. The number of hydrogen-bond donors (Lipinski definition) is 2. The van der Waals surface area contributed by atoms with Crippen LogP contribution in [0.5, 0.6) is 5.75 Å². The smallest absolute Gasteiger partial charge is 0.278 e. The number of rotatable bonds is 3. The molecule has 19 heavy (non-hydrogen) atoms.